The van der Waals surface area contributed by atoms with Crippen LogP contribution in [0.3, 0.4) is 0 Å². The van der Waals surface area contributed by atoms with Crippen molar-refractivity contribution in [1.82, 2.24) is 9.80 Å². The highest BCUT2D eigenvalue weighted by atomic mass is 19.1. The van der Waals surface area contributed by atoms with Crippen LogP contribution in [0.2, 0.25) is 0 Å². The Morgan fingerprint density at radius 1 is 1.28 bits per heavy atom. The SMILES string of the molecule is COCCN1CC(=O)N(C2CCCN(c3cccc(F)c3)C2=O)C1=O. The molecule has 8 heteroatoms. The minimum atomic E-state index is -0.843. The van der Waals surface area contributed by atoms with Crippen LogP contribution in [-0.2, 0) is 14.3 Å². The fourth-order valence-corrected chi connectivity index (χ4v) is 3.25. The van der Waals surface area contributed by atoms with E-state index in [2.05, 4.69) is 0 Å². The second-order valence-electron chi connectivity index (χ2n) is 6.09. The van der Waals surface area contributed by atoms with E-state index >= 15 is 0 Å². The molecule has 1 atom stereocenters. The predicted molar refractivity (Wildman–Crippen MR) is 87.5 cm³/mol. The average Bonchev–Trinajstić information content (AvgIpc) is 2.87. The van der Waals surface area contributed by atoms with E-state index in [1.165, 1.54) is 35.1 Å². The first-order chi connectivity index (χ1) is 12.0. The molecule has 7 nitrogen and oxygen atoms in total. The van der Waals surface area contributed by atoms with Gasteiger partial charge in [0, 0.05) is 25.9 Å². The summed E-state index contributed by atoms with van der Waals surface area (Å²) in [4.78, 5) is 41.5. The zero-order chi connectivity index (χ0) is 18.0. The monoisotopic (exact) mass is 349 g/mol. The lowest BCUT2D eigenvalue weighted by atomic mass is 10.0. The maximum Gasteiger partial charge on any atom is 0.328 e. The van der Waals surface area contributed by atoms with E-state index in [1.807, 2.05) is 0 Å². The number of methoxy groups -OCH3 is 1. The van der Waals surface area contributed by atoms with Gasteiger partial charge in [0.1, 0.15) is 18.4 Å². The van der Waals surface area contributed by atoms with Crippen molar-refractivity contribution in [3.8, 4) is 0 Å². The molecule has 4 amide bonds. The number of halogens is 1. The Morgan fingerprint density at radius 2 is 2.08 bits per heavy atom. The Balaban J connectivity index is 1.79. The van der Waals surface area contributed by atoms with E-state index in [1.54, 1.807) is 6.07 Å². The Morgan fingerprint density at radius 3 is 2.80 bits per heavy atom. The number of piperidine rings is 1. The molecular weight excluding hydrogens is 329 g/mol. The summed E-state index contributed by atoms with van der Waals surface area (Å²) in [6.07, 6.45) is 1.04. The highest BCUT2D eigenvalue weighted by Crippen LogP contribution is 2.26. The van der Waals surface area contributed by atoms with E-state index in [4.69, 9.17) is 4.74 Å². The second kappa shape index (κ2) is 7.18. The fourth-order valence-electron chi connectivity index (χ4n) is 3.25. The molecule has 0 aromatic heterocycles. The first kappa shape index (κ1) is 17.3. The summed E-state index contributed by atoms with van der Waals surface area (Å²) in [6.45, 7) is 1.00. The molecule has 2 aliphatic rings. The molecule has 25 heavy (non-hydrogen) atoms. The molecule has 2 aliphatic heterocycles. The zero-order valence-electron chi connectivity index (χ0n) is 14.0. The normalized spacial score (nSPS) is 21.4. The van der Waals surface area contributed by atoms with Gasteiger partial charge in [0.25, 0.3) is 5.91 Å². The Labute approximate surface area is 144 Å². The number of ether oxygens (including phenoxy) is 1. The lowest BCUT2D eigenvalue weighted by molar-refractivity contribution is -0.134. The molecule has 0 N–H and O–H groups in total. The molecule has 134 valence electrons. The topological polar surface area (TPSA) is 70.2 Å². The van der Waals surface area contributed by atoms with Gasteiger partial charge in [-0.05, 0) is 31.0 Å². The summed E-state index contributed by atoms with van der Waals surface area (Å²) < 4.78 is 18.4. The van der Waals surface area contributed by atoms with Crippen LogP contribution in [0.4, 0.5) is 14.9 Å². The summed E-state index contributed by atoms with van der Waals surface area (Å²) in [5.41, 5.74) is 0.435. The first-order valence-corrected chi connectivity index (χ1v) is 8.20. The molecule has 3 rings (SSSR count). The van der Waals surface area contributed by atoms with E-state index in [9.17, 15) is 18.8 Å². The number of hydrogen-bond donors (Lipinski definition) is 0. The molecule has 2 fully saturated rings. The largest absolute Gasteiger partial charge is 0.383 e. The third-order valence-electron chi connectivity index (χ3n) is 4.48. The molecular formula is C17H20FN3O4. The molecule has 1 aromatic carbocycles. The summed E-state index contributed by atoms with van der Waals surface area (Å²) in [7, 11) is 1.52. The lowest BCUT2D eigenvalue weighted by Gasteiger charge is -2.35. The van der Waals surface area contributed by atoms with Gasteiger partial charge in [0.2, 0.25) is 5.91 Å². The van der Waals surface area contributed by atoms with E-state index < -0.39 is 17.9 Å². The van der Waals surface area contributed by atoms with Crippen LogP contribution in [0.5, 0.6) is 0 Å². The third kappa shape index (κ3) is 3.34. The number of hydrogen-bond acceptors (Lipinski definition) is 4. The van der Waals surface area contributed by atoms with Crippen molar-refractivity contribution < 1.29 is 23.5 Å². The van der Waals surface area contributed by atoms with Crippen LogP contribution in [0, 0.1) is 5.82 Å². The average molecular weight is 349 g/mol. The Bertz CT molecular complexity index is 696. The molecule has 0 radical (unpaired) electrons. The molecule has 0 spiro atoms. The molecule has 1 aromatic rings. The second-order valence-corrected chi connectivity index (χ2v) is 6.09. The number of amides is 4. The number of carbonyl (C=O) groups is 3. The highest BCUT2D eigenvalue weighted by molar-refractivity contribution is 6.08. The number of urea groups is 1. The predicted octanol–water partition coefficient (Wildman–Crippen LogP) is 1.23. The summed E-state index contributed by atoms with van der Waals surface area (Å²) >= 11 is 0. The van der Waals surface area contributed by atoms with E-state index in [0.29, 0.717) is 38.2 Å². The Hall–Kier alpha value is -2.48. The number of nitrogens with zero attached hydrogens (tertiary/aromatic N) is 3. The minimum absolute atomic E-state index is 0.0497. The van der Waals surface area contributed by atoms with Gasteiger partial charge in [0.15, 0.2) is 0 Å². The fraction of sp³-hybridized carbons (Fsp3) is 0.471. The summed E-state index contributed by atoms with van der Waals surface area (Å²) in [5.74, 6) is -1.18. The quantitative estimate of drug-likeness (QED) is 0.750. The molecule has 0 bridgehead atoms. The van der Waals surface area contributed by atoms with Crippen LogP contribution in [-0.4, -0.2) is 67.0 Å². The molecule has 0 saturated carbocycles. The summed E-state index contributed by atoms with van der Waals surface area (Å²) in [5, 5.41) is 0. The van der Waals surface area contributed by atoms with Gasteiger partial charge in [-0.15, -0.1) is 0 Å². The number of anilines is 1. The number of carbonyl (C=O) groups excluding carboxylic acids is 3. The van der Waals surface area contributed by atoms with Crippen LogP contribution >= 0.6 is 0 Å². The highest BCUT2D eigenvalue weighted by Gasteiger charge is 2.45. The van der Waals surface area contributed by atoms with Crippen LogP contribution in [0.1, 0.15) is 12.8 Å². The maximum atomic E-state index is 13.5. The van der Waals surface area contributed by atoms with Crippen LogP contribution < -0.4 is 4.90 Å². The van der Waals surface area contributed by atoms with Gasteiger partial charge in [-0.25, -0.2) is 14.1 Å². The van der Waals surface area contributed by atoms with Gasteiger partial charge in [-0.3, -0.25) is 9.59 Å². The van der Waals surface area contributed by atoms with Crippen molar-refractivity contribution in [1.29, 1.82) is 0 Å². The smallest absolute Gasteiger partial charge is 0.328 e. The van der Waals surface area contributed by atoms with Crippen LogP contribution in [0.25, 0.3) is 0 Å². The molecule has 0 aliphatic carbocycles. The Kier molecular flexibility index (Phi) is 4.98. The number of rotatable bonds is 5. The zero-order valence-corrected chi connectivity index (χ0v) is 14.0. The van der Waals surface area contributed by atoms with Gasteiger partial charge >= 0.3 is 6.03 Å². The molecule has 2 saturated heterocycles. The van der Waals surface area contributed by atoms with Crippen molar-refractivity contribution in [3.05, 3.63) is 30.1 Å². The van der Waals surface area contributed by atoms with Gasteiger partial charge < -0.3 is 14.5 Å². The van der Waals surface area contributed by atoms with Crippen molar-refractivity contribution >= 4 is 23.5 Å². The molecule has 2 heterocycles. The van der Waals surface area contributed by atoms with Crippen LogP contribution in [0.15, 0.2) is 24.3 Å². The van der Waals surface area contributed by atoms with Gasteiger partial charge in [-0.2, -0.15) is 0 Å². The van der Waals surface area contributed by atoms with Crippen molar-refractivity contribution in [2.75, 3.05) is 38.3 Å². The van der Waals surface area contributed by atoms with Crippen molar-refractivity contribution in [2.45, 2.75) is 18.9 Å². The van der Waals surface area contributed by atoms with Crippen molar-refractivity contribution in [2.24, 2.45) is 0 Å². The van der Waals surface area contributed by atoms with Crippen molar-refractivity contribution in [3.63, 3.8) is 0 Å². The molecule has 1 unspecified atom stereocenters. The number of imide groups is 1. The maximum absolute atomic E-state index is 13.5. The van der Waals surface area contributed by atoms with E-state index in [0.717, 1.165) is 4.90 Å². The summed E-state index contributed by atoms with van der Waals surface area (Å²) in [6, 6.07) is 4.43. The lowest BCUT2D eigenvalue weighted by Crippen LogP contribution is -2.54. The first-order valence-electron chi connectivity index (χ1n) is 8.20. The minimum Gasteiger partial charge on any atom is -0.383 e. The van der Waals surface area contributed by atoms with E-state index in [-0.39, 0.29) is 18.4 Å². The number of benzene rings is 1. The standard InChI is InChI=1S/C17H20FN3O4/c1-25-9-8-19-11-15(22)21(17(19)24)14-6-3-7-20(16(14)23)13-5-2-4-12(18)10-13/h2,4-5,10,14H,3,6-9,11H2,1H3. The van der Waals surface area contributed by atoms with Gasteiger partial charge in [0.05, 0.1) is 6.61 Å². The third-order valence-corrected chi connectivity index (χ3v) is 4.48. The van der Waals surface area contributed by atoms with Gasteiger partial charge in [-0.1, -0.05) is 6.07 Å².